The molecule has 21 heavy (non-hydrogen) atoms. The van der Waals surface area contributed by atoms with Gasteiger partial charge in [-0.15, -0.1) is 0 Å². The molecule has 0 amide bonds. The van der Waals surface area contributed by atoms with Gasteiger partial charge in [0.05, 0.1) is 25.9 Å². The number of hydrogen-bond acceptors (Lipinski definition) is 5. The third-order valence-electron chi connectivity index (χ3n) is 2.56. The fraction of sp³-hybridized carbons (Fsp3) is 0.333. The molecule has 0 saturated carbocycles. The zero-order chi connectivity index (χ0) is 15.7. The molecule has 0 aliphatic heterocycles. The van der Waals surface area contributed by atoms with Gasteiger partial charge in [-0.25, -0.2) is 14.0 Å². The third-order valence-corrected chi connectivity index (χ3v) is 2.56. The molecule has 0 bridgehead atoms. The summed E-state index contributed by atoms with van der Waals surface area (Å²) >= 11 is 0. The van der Waals surface area contributed by atoms with Gasteiger partial charge in [0.15, 0.2) is 0 Å². The number of carbonyl (C=O) groups excluding carboxylic acids is 2. The van der Waals surface area contributed by atoms with Crippen LogP contribution < -0.4 is 4.74 Å². The van der Waals surface area contributed by atoms with Crippen molar-refractivity contribution >= 4 is 11.9 Å². The maximum absolute atomic E-state index is 13.6. The summed E-state index contributed by atoms with van der Waals surface area (Å²) in [5, 5.41) is 0. The van der Waals surface area contributed by atoms with Gasteiger partial charge in [-0.2, -0.15) is 0 Å². The zero-order valence-electron chi connectivity index (χ0n) is 11.8. The van der Waals surface area contributed by atoms with Crippen LogP contribution in [0.4, 0.5) is 4.39 Å². The van der Waals surface area contributed by atoms with Gasteiger partial charge in [0.1, 0.15) is 11.6 Å². The minimum absolute atomic E-state index is 0.138. The highest BCUT2D eigenvalue weighted by Crippen LogP contribution is 2.17. The van der Waals surface area contributed by atoms with E-state index in [2.05, 4.69) is 11.3 Å². The molecular formula is C15H17FO5. The number of hydrogen-bond donors (Lipinski definition) is 0. The van der Waals surface area contributed by atoms with Crippen molar-refractivity contribution < 1.29 is 28.2 Å². The second-order valence-corrected chi connectivity index (χ2v) is 4.06. The van der Waals surface area contributed by atoms with E-state index in [1.165, 1.54) is 19.2 Å². The van der Waals surface area contributed by atoms with E-state index in [0.29, 0.717) is 25.2 Å². The maximum atomic E-state index is 13.6. The van der Waals surface area contributed by atoms with Crippen LogP contribution in [0.2, 0.25) is 0 Å². The first-order valence-electron chi connectivity index (χ1n) is 6.38. The first kappa shape index (κ1) is 16.7. The van der Waals surface area contributed by atoms with Crippen molar-refractivity contribution in [2.45, 2.75) is 12.8 Å². The molecule has 0 saturated heterocycles. The Morgan fingerprint density at radius 2 is 2.00 bits per heavy atom. The fourth-order valence-electron chi connectivity index (χ4n) is 1.49. The second kappa shape index (κ2) is 8.73. The summed E-state index contributed by atoms with van der Waals surface area (Å²) in [6.07, 6.45) is 2.37. The molecular weight excluding hydrogens is 279 g/mol. The van der Waals surface area contributed by atoms with E-state index in [1.54, 1.807) is 0 Å². The normalized spacial score (nSPS) is 9.81. The van der Waals surface area contributed by atoms with Crippen molar-refractivity contribution in [3.8, 4) is 5.75 Å². The lowest BCUT2D eigenvalue weighted by Gasteiger charge is -2.08. The van der Waals surface area contributed by atoms with Crippen LogP contribution in [0.25, 0.3) is 0 Å². The highest BCUT2D eigenvalue weighted by atomic mass is 19.1. The van der Waals surface area contributed by atoms with E-state index >= 15 is 0 Å². The van der Waals surface area contributed by atoms with Crippen LogP contribution in [0.5, 0.6) is 5.75 Å². The maximum Gasteiger partial charge on any atom is 0.340 e. The molecule has 0 aromatic heterocycles. The number of methoxy groups -OCH3 is 1. The van der Waals surface area contributed by atoms with Crippen molar-refractivity contribution in [2.24, 2.45) is 0 Å². The summed E-state index contributed by atoms with van der Waals surface area (Å²) in [7, 11) is 1.19. The highest BCUT2D eigenvalue weighted by molar-refractivity contribution is 5.89. The Morgan fingerprint density at radius 1 is 1.29 bits per heavy atom. The average molecular weight is 296 g/mol. The van der Waals surface area contributed by atoms with Crippen LogP contribution in [-0.2, 0) is 14.3 Å². The smallest absolute Gasteiger partial charge is 0.340 e. The standard InChI is InChI=1S/C15H17FO5/c1-3-14(17)21-9-5-4-8-20-11-6-7-12(13(16)10-11)15(18)19-2/h3,6-7,10H,1,4-5,8-9H2,2H3. The van der Waals surface area contributed by atoms with Crippen molar-refractivity contribution in [1.82, 2.24) is 0 Å². The average Bonchev–Trinajstić information content (AvgIpc) is 2.49. The monoisotopic (exact) mass is 296 g/mol. The van der Waals surface area contributed by atoms with Crippen molar-refractivity contribution in [1.29, 1.82) is 0 Å². The predicted octanol–water partition coefficient (Wildman–Crippen LogP) is 2.50. The van der Waals surface area contributed by atoms with Crippen LogP contribution in [0.15, 0.2) is 30.9 Å². The van der Waals surface area contributed by atoms with Gasteiger partial charge in [-0.1, -0.05) is 6.58 Å². The van der Waals surface area contributed by atoms with Crippen LogP contribution in [-0.4, -0.2) is 32.3 Å². The summed E-state index contributed by atoms with van der Waals surface area (Å²) in [6, 6.07) is 3.93. The van der Waals surface area contributed by atoms with Crippen LogP contribution in [0.3, 0.4) is 0 Å². The summed E-state index contributed by atoms with van der Waals surface area (Å²) in [4.78, 5) is 22.0. The SMILES string of the molecule is C=CC(=O)OCCCCOc1ccc(C(=O)OC)c(F)c1. The molecule has 0 atom stereocenters. The molecule has 5 nitrogen and oxygen atoms in total. The van der Waals surface area contributed by atoms with E-state index in [0.717, 1.165) is 12.1 Å². The number of carbonyl (C=O) groups is 2. The number of unbranched alkanes of at least 4 members (excludes halogenated alkanes) is 1. The Kier molecular flexibility index (Phi) is 6.94. The van der Waals surface area contributed by atoms with Crippen molar-refractivity contribution in [3.05, 3.63) is 42.2 Å². The Balaban J connectivity index is 2.33. The molecule has 114 valence electrons. The molecule has 0 spiro atoms. The van der Waals surface area contributed by atoms with Crippen LogP contribution in [0.1, 0.15) is 23.2 Å². The quantitative estimate of drug-likeness (QED) is 0.419. The number of halogens is 1. The minimum atomic E-state index is -0.733. The lowest BCUT2D eigenvalue weighted by molar-refractivity contribution is -0.137. The van der Waals surface area contributed by atoms with Gasteiger partial charge in [0.25, 0.3) is 0 Å². The molecule has 1 aromatic rings. The fourth-order valence-corrected chi connectivity index (χ4v) is 1.49. The lowest BCUT2D eigenvalue weighted by Crippen LogP contribution is -2.06. The first-order valence-corrected chi connectivity index (χ1v) is 6.38. The van der Waals surface area contributed by atoms with E-state index in [-0.39, 0.29) is 12.2 Å². The van der Waals surface area contributed by atoms with Gasteiger partial charge in [0, 0.05) is 12.1 Å². The van der Waals surface area contributed by atoms with Gasteiger partial charge in [-0.3, -0.25) is 0 Å². The van der Waals surface area contributed by atoms with Crippen LogP contribution in [0, 0.1) is 5.82 Å². The molecule has 6 heteroatoms. The Morgan fingerprint density at radius 3 is 2.62 bits per heavy atom. The van der Waals surface area contributed by atoms with E-state index in [1.807, 2.05) is 0 Å². The molecule has 0 N–H and O–H groups in total. The molecule has 0 heterocycles. The summed E-state index contributed by atoms with van der Waals surface area (Å²) in [5.41, 5.74) is -0.138. The van der Waals surface area contributed by atoms with Gasteiger partial charge >= 0.3 is 11.9 Å². The van der Waals surface area contributed by atoms with Crippen molar-refractivity contribution in [2.75, 3.05) is 20.3 Å². The minimum Gasteiger partial charge on any atom is -0.493 e. The van der Waals surface area contributed by atoms with E-state index < -0.39 is 17.8 Å². The van der Waals surface area contributed by atoms with Gasteiger partial charge < -0.3 is 14.2 Å². The molecule has 0 radical (unpaired) electrons. The Bertz CT molecular complexity index is 513. The summed E-state index contributed by atoms with van der Waals surface area (Å²) in [6.45, 7) is 3.91. The van der Waals surface area contributed by atoms with E-state index in [9.17, 15) is 14.0 Å². The summed E-state index contributed by atoms with van der Waals surface area (Å²) < 4.78 is 28.2. The molecule has 1 aromatic carbocycles. The number of benzene rings is 1. The molecule has 0 unspecified atom stereocenters. The Hall–Kier alpha value is -2.37. The predicted molar refractivity (Wildman–Crippen MR) is 73.6 cm³/mol. The van der Waals surface area contributed by atoms with Crippen molar-refractivity contribution in [3.63, 3.8) is 0 Å². The molecule has 0 aliphatic rings. The topological polar surface area (TPSA) is 61.8 Å². The molecule has 0 fully saturated rings. The Labute approximate surface area is 122 Å². The largest absolute Gasteiger partial charge is 0.493 e. The van der Waals surface area contributed by atoms with Gasteiger partial charge in [0.2, 0.25) is 0 Å². The molecule has 0 aliphatic carbocycles. The number of rotatable bonds is 8. The second-order valence-electron chi connectivity index (χ2n) is 4.06. The van der Waals surface area contributed by atoms with Crippen LogP contribution >= 0.6 is 0 Å². The number of esters is 2. The zero-order valence-corrected chi connectivity index (χ0v) is 11.8. The summed E-state index contributed by atoms with van der Waals surface area (Å²) in [5.74, 6) is -1.57. The number of ether oxygens (including phenoxy) is 3. The van der Waals surface area contributed by atoms with E-state index in [4.69, 9.17) is 9.47 Å². The van der Waals surface area contributed by atoms with Gasteiger partial charge in [-0.05, 0) is 25.0 Å². The third kappa shape index (κ3) is 5.64. The first-order chi connectivity index (χ1) is 10.1. The highest BCUT2D eigenvalue weighted by Gasteiger charge is 2.12. The molecule has 1 rings (SSSR count). The lowest BCUT2D eigenvalue weighted by atomic mass is 10.2.